The molecule has 1 aliphatic heterocycles. The molecule has 2 heterocycles. The minimum absolute atomic E-state index is 0.0510. The van der Waals surface area contributed by atoms with E-state index in [4.69, 9.17) is 4.42 Å². The number of carbonyl (C=O) groups is 1. The summed E-state index contributed by atoms with van der Waals surface area (Å²) in [6.07, 6.45) is 2.28. The fraction of sp³-hybridized carbons (Fsp3) is 0.312. The van der Waals surface area contributed by atoms with Crippen LogP contribution in [0, 0.1) is 0 Å². The van der Waals surface area contributed by atoms with Crippen LogP contribution in [0.3, 0.4) is 0 Å². The van der Waals surface area contributed by atoms with Crippen molar-refractivity contribution in [2.45, 2.75) is 32.5 Å². The third-order valence-corrected chi connectivity index (χ3v) is 3.84. The first kappa shape index (κ1) is 12.8. The van der Waals surface area contributed by atoms with Gasteiger partial charge in [0.25, 0.3) is 5.91 Å². The molecule has 4 nitrogen and oxygen atoms in total. The van der Waals surface area contributed by atoms with E-state index in [1.165, 1.54) is 0 Å². The lowest BCUT2D eigenvalue weighted by Gasteiger charge is -2.40. The van der Waals surface area contributed by atoms with E-state index in [-0.39, 0.29) is 18.1 Å². The minimum atomic E-state index is -0.248. The quantitative estimate of drug-likeness (QED) is 0.926. The normalized spacial score (nSPS) is 19.4. The molecule has 1 aliphatic rings. The summed E-state index contributed by atoms with van der Waals surface area (Å²) < 4.78 is 5.50. The van der Waals surface area contributed by atoms with E-state index in [1.54, 1.807) is 6.26 Å². The number of fused-ring (bicyclic) bond motifs is 1. The molecule has 1 N–H and O–H groups in total. The van der Waals surface area contributed by atoms with Gasteiger partial charge >= 0.3 is 0 Å². The van der Waals surface area contributed by atoms with Gasteiger partial charge in [0.15, 0.2) is 6.17 Å². The Morgan fingerprint density at radius 1 is 1.30 bits per heavy atom. The van der Waals surface area contributed by atoms with Crippen molar-refractivity contribution < 1.29 is 9.21 Å². The van der Waals surface area contributed by atoms with E-state index in [1.807, 2.05) is 41.3 Å². The number of carbonyl (C=O) groups excluding carboxylic acids is 1. The summed E-state index contributed by atoms with van der Waals surface area (Å²) in [7, 11) is 0. The van der Waals surface area contributed by atoms with Gasteiger partial charge in [0, 0.05) is 11.7 Å². The fourth-order valence-electron chi connectivity index (χ4n) is 2.58. The first-order valence-corrected chi connectivity index (χ1v) is 6.94. The molecule has 0 saturated heterocycles. The van der Waals surface area contributed by atoms with Crippen LogP contribution in [-0.2, 0) is 0 Å². The third-order valence-electron chi connectivity index (χ3n) is 3.84. The van der Waals surface area contributed by atoms with Crippen molar-refractivity contribution in [3.05, 3.63) is 54.0 Å². The van der Waals surface area contributed by atoms with Gasteiger partial charge in [0.1, 0.15) is 5.76 Å². The molecule has 0 unspecified atom stereocenters. The monoisotopic (exact) mass is 270 g/mol. The molecule has 1 amide bonds. The zero-order valence-corrected chi connectivity index (χ0v) is 11.7. The Kier molecular flexibility index (Phi) is 3.22. The molecule has 0 bridgehead atoms. The van der Waals surface area contributed by atoms with E-state index in [0.29, 0.717) is 0 Å². The summed E-state index contributed by atoms with van der Waals surface area (Å²) in [4.78, 5) is 14.6. The second-order valence-electron chi connectivity index (χ2n) is 5.08. The molecule has 20 heavy (non-hydrogen) atoms. The second-order valence-corrected chi connectivity index (χ2v) is 5.08. The average molecular weight is 270 g/mol. The Labute approximate surface area is 118 Å². The zero-order chi connectivity index (χ0) is 14.1. The van der Waals surface area contributed by atoms with Crippen molar-refractivity contribution in [1.29, 1.82) is 0 Å². The van der Waals surface area contributed by atoms with E-state index in [0.717, 1.165) is 23.4 Å². The van der Waals surface area contributed by atoms with Crippen molar-refractivity contribution in [3.8, 4) is 0 Å². The van der Waals surface area contributed by atoms with Crippen molar-refractivity contribution in [1.82, 2.24) is 4.90 Å². The maximum absolute atomic E-state index is 12.8. The standard InChI is InChI=1S/C16H18N2O2/c1-3-11(2)18-15(14-9-6-10-20-14)17-13-8-5-4-7-12(13)16(18)19/h4-11,15,17H,3H2,1-2H3/t11-,15+/m0/s1. The van der Waals surface area contributed by atoms with E-state index < -0.39 is 0 Å². The summed E-state index contributed by atoms with van der Waals surface area (Å²) in [6, 6.07) is 11.5. The molecule has 4 heteroatoms. The first-order valence-electron chi connectivity index (χ1n) is 6.94. The smallest absolute Gasteiger partial charge is 0.258 e. The molecule has 0 saturated carbocycles. The topological polar surface area (TPSA) is 45.5 Å². The van der Waals surface area contributed by atoms with Crippen LogP contribution in [0.4, 0.5) is 5.69 Å². The summed E-state index contributed by atoms with van der Waals surface area (Å²) in [5.74, 6) is 0.809. The number of nitrogens with one attached hydrogen (secondary N) is 1. The van der Waals surface area contributed by atoms with Gasteiger partial charge in [-0.3, -0.25) is 4.79 Å². The third kappa shape index (κ3) is 1.97. The Morgan fingerprint density at radius 3 is 2.80 bits per heavy atom. The van der Waals surface area contributed by atoms with Crippen LogP contribution in [-0.4, -0.2) is 16.8 Å². The van der Waals surface area contributed by atoms with Crippen LogP contribution in [0.25, 0.3) is 0 Å². The van der Waals surface area contributed by atoms with Crippen LogP contribution in [0.1, 0.15) is 42.6 Å². The number of hydrogen-bond acceptors (Lipinski definition) is 3. The molecule has 2 atom stereocenters. The zero-order valence-electron chi connectivity index (χ0n) is 11.7. The number of benzene rings is 1. The lowest BCUT2D eigenvalue weighted by atomic mass is 10.0. The van der Waals surface area contributed by atoms with Crippen LogP contribution in [0.15, 0.2) is 47.1 Å². The first-order chi connectivity index (χ1) is 9.72. The van der Waals surface area contributed by atoms with Gasteiger partial charge in [-0.15, -0.1) is 0 Å². The average Bonchev–Trinajstić information content (AvgIpc) is 3.00. The minimum Gasteiger partial charge on any atom is -0.465 e. The highest BCUT2D eigenvalue weighted by Gasteiger charge is 2.36. The molecule has 104 valence electrons. The molecule has 2 aromatic rings. The molecule has 0 aliphatic carbocycles. The van der Waals surface area contributed by atoms with Gasteiger partial charge < -0.3 is 14.6 Å². The van der Waals surface area contributed by atoms with Crippen molar-refractivity contribution >= 4 is 11.6 Å². The summed E-state index contributed by atoms with van der Waals surface area (Å²) >= 11 is 0. The van der Waals surface area contributed by atoms with Gasteiger partial charge in [0.05, 0.1) is 11.8 Å². The van der Waals surface area contributed by atoms with Crippen LogP contribution >= 0.6 is 0 Å². The fourth-order valence-corrected chi connectivity index (χ4v) is 2.58. The maximum Gasteiger partial charge on any atom is 0.258 e. The molecule has 0 fully saturated rings. The Bertz CT molecular complexity index is 607. The van der Waals surface area contributed by atoms with Crippen molar-refractivity contribution in [2.24, 2.45) is 0 Å². The van der Waals surface area contributed by atoms with Gasteiger partial charge in [-0.1, -0.05) is 19.1 Å². The molecule has 0 radical (unpaired) electrons. The molecule has 1 aromatic heterocycles. The Morgan fingerprint density at radius 2 is 2.10 bits per heavy atom. The summed E-state index contributed by atoms with van der Waals surface area (Å²) in [5, 5.41) is 3.41. The number of para-hydroxylation sites is 1. The molecule has 3 rings (SSSR count). The molecule has 1 aromatic carbocycles. The number of nitrogens with zero attached hydrogens (tertiary/aromatic N) is 1. The number of rotatable bonds is 3. The highest BCUT2D eigenvalue weighted by molar-refractivity contribution is 6.01. The Balaban J connectivity index is 2.07. The van der Waals surface area contributed by atoms with E-state index in [9.17, 15) is 4.79 Å². The van der Waals surface area contributed by atoms with Crippen molar-refractivity contribution in [3.63, 3.8) is 0 Å². The van der Waals surface area contributed by atoms with E-state index >= 15 is 0 Å². The van der Waals surface area contributed by atoms with Crippen LogP contribution in [0.5, 0.6) is 0 Å². The predicted octanol–water partition coefficient (Wildman–Crippen LogP) is 3.64. The summed E-state index contributed by atoms with van der Waals surface area (Å²) in [6.45, 7) is 4.14. The maximum atomic E-state index is 12.8. The highest BCUT2D eigenvalue weighted by Crippen LogP contribution is 2.34. The van der Waals surface area contributed by atoms with Crippen LogP contribution < -0.4 is 5.32 Å². The largest absolute Gasteiger partial charge is 0.465 e. The summed E-state index contributed by atoms with van der Waals surface area (Å²) in [5.41, 5.74) is 1.58. The second kappa shape index (κ2) is 5.04. The van der Waals surface area contributed by atoms with Crippen LogP contribution in [0.2, 0.25) is 0 Å². The SMILES string of the molecule is CC[C@H](C)N1C(=O)c2ccccc2N[C@H]1c1ccco1. The molecular weight excluding hydrogens is 252 g/mol. The highest BCUT2D eigenvalue weighted by atomic mass is 16.3. The van der Waals surface area contributed by atoms with Crippen molar-refractivity contribution in [2.75, 3.05) is 5.32 Å². The number of anilines is 1. The lowest BCUT2D eigenvalue weighted by molar-refractivity contribution is 0.0568. The number of hydrogen-bond donors (Lipinski definition) is 1. The van der Waals surface area contributed by atoms with Gasteiger partial charge in [0.2, 0.25) is 0 Å². The Hall–Kier alpha value is -2.23. The predicted molar refractivity (Wildman–Crippen MR) is 77.4 cm³/mol. The molecular formula is C16H18N2O2. The van der Waals surface area contributed by atoms with E-state index in [2.05, 4.69) is 19.2 Å². The van der Waals surface area contributed by atoms with Gasteiger partial charge in [-0.25, -0.2) is 0 Å². The molecule has 0 spiro atoms. The number of amides is 1. The van der Waals surface area contributed by atoms with Gasteiger partial charge in [-0.2, -0.15) is 0 Å². The van der Waals surface area contributed by atoms with Gasteiger partial charge in [-0.05, 0) is 37.6 Å². The lowest BCUT2D eigenvalue weighted by Crippen LogP contribution is -2.47. The number of furan rings is 1.